The fourth-order valence-electron chi connectivity index (χ4n) is 0.282. The van der Waals surface area contributed by atoms with Crippen LogP contribution in [0.25, 0.3) is 0 Å². The van der Waals surface area contributed by atoms with Crippen LogP contribution >= 0.6 is 0 Å². The van der Waals surface area contributed by atoms with Gasteiger partial charge in [0.25, 0.3) is 0 Å². The Morgan fingerprint density at radius 3 is 2.33 bits per heavy atom. The molecule has 6 heavy (non-hydrogen) atoms. The first-order chi connectivity index (χ1) is 2.79. The number of hydroxylamine groups is 1. The molecule has 1 heterocycles. The SMILES string of the molecule is NC1=C[N+]([O-])=C1. The van der Waals surface area contributed by atoms with E-state index in [9.17, 15) is 5.21 Å². The molecule has 0 aliphatic carbocycles. The summed E-state index contributed by atoms with van der Waals surface area (Å²) in [4.78, 5) is 0. The fraction of sp³-hybridized carbons (Fsp3) is 0. The highest BCUT2D eigenvalue weighted by Gasteiger charge is 2.02. The van der Waals surface area contributed by atoms with Crippen LogP contribution in [-0.2, 0) is 0 Å². The van der Waals surface area contributed by atoms with Gasteiger partial charge >= 0.3 is 0 Å². The van der Waals surface area contributed by atoms with Gasteiger partial charge in [-0.05, 0) is 0 Å². The van der Waals surface area contributed by atoms with Gasteiger partial charge in [0, 0.05) is 0 Å². The minimum Gasteiger partial charge on any atom is -0.619 e. The molecule has 0 aromatic rings. The summed E-state index contributed by atoms with van der Waals surface area (Å²) in [5, 5.41) is 9.81. The van der Waals surface area contributed by atoms with Gasteiger partial charge in [-0.2, -0.15) is 4.74 Å². The van der Waals surface area contributed by atoms with E-state index in [2.05, 4.69) is 0 Å². The second-order valence-corrected chi connectivity index (χ2v) is 1.12. The first-order valence-corrected chi connectivity index (χ1v) is 1.56. The molecule has 1 aliphatic rings. The number of rotatable bonds is 0. The summed E-state index contributed by atoms with van der Waals surface area (Å²) >= 11 is 0. The van der Waals surface area contributed by atoms with Crippen LogP contribution in [0.2, 0.25) is 0 Å². The van der Waals surface area contributed by atoms with Crippen molar-refractivity contribution in [1.82, 2.24) is 0 Å². The zero-order chi connectivity index (χ0) is 4.57. The van der Waals surface area contributed by atoms with E-state index < -0.39 is 0 Å². The third kappa shape index (κ3) is 0.247. The standard InChI is InChI=1S/C3H4N2O/c4-3-1-5(6)2-3/h1-2H,4H2. The molecule has 32 valence electrons. The summed E-state index contributed by atoms with van der Waals surface area (Å²) in [5.74, 6) is 0. The Kier molecular flexibility index (Phi) is 0.395. The average molecular weight is 84.1 g/mol. The molecule has 0 unspecified atom stereocenters. The molecule has 0 radical (unpaired) electrons. The maximum atomic E-state index is 9.81. The third-order valence-corrected chi connectivity index (χ3v) is 0.553. The van der Waals surface area contributed by atoms with Crippen LogP contribution in [-0.4, -0.2) is 11.0 Å². The molecule has 0 aromatic heterocycles. The first kappa shape index (κ1) is 3.21. The molecule has 3 nitrogen and oxygen atoms in total. The first-order valence-electron chi connectivity index (χ1n) is 1.56. The maximum absolute atomic E-state index is 9.81. The predicted octanol–water partition coefficient (Wildman–Crippen LogP) is -0.619. The van der Waals surface area contributed by atoms with Crippen LogP contribution in [0.5, 0.6) is 0 Å². The fourth-order valence-corrected chi connectivity index (χ4v) is 0.282. The Labute approximate surface area is 35.0 Å². The Balaban J connectivity index is 2.57. The van der Waals surface area contributed by atoms with Gasteiger partial charge in [-0.3, -0.25) is 0 Å². The van der Waals surface area contributed by atoms with Gasteiger partial charge in [0.1, 0.15) is 0 Å². The lowest BCUT2D eigenvalue weighted by Crippen LogP contribution is -2.16. The molecule has 0 atom stereocenters. The normalized spacial score (nSPS) is 18.0. The van der Waals surface area contributed by atoms with Gasteiger partial charge in [0.2, 0.25) is 12.4 Å². The maximum Gasteiger partial charge on any atom is 0.209 e. The van der Waals surface area contributed by atoms with E-state index in [0.29, 0.717) is 10.4 Å². The van der Waals surface area contributed by atoms with Crippen molar-refractivity contribution < 1.29 is 4.74 Å². The largest absolute Gasteiger partial charge is 0.619 e. The van der Waals surface area contributed by atoms with E-state index in [4.69, 9.17) is 5.73 Å². The van der Waals surface area contributed by atoms with E-state index in [0.717, 1.165) is 0 Å². The van der Waals surface area contributed by atoms with Crippen LogP contribution < -0.4 is 5.73 Å². The van der Waals surface area contributed by atoms with Crippen molar-refractivity contribution in [2.24, 2.45) is 5.73 Å². The van der Waals surface area contributed by atoms with Gasteiger partial charge < -0.3 is 10.9 Å². The van der Waals surface area contributed by atoms with Gasteiger partial charge in [-0.25, -0.2) is 0 Å². The highest BCUT2D eigenvalue weighted by atomic mass is 16.5. The molecule has 0 saturated heterocycles. The van der Waals surface area contributed by atoms with Crippen molar-refractivity contribution >= 4 is 6.21 Å². The molecule has 3 heteroatoms. The van der Waals surface area contributed by atoms with E-state index >= 15 is 0 Å². The monoisotopic (exact) mass is 84.0 g/mol. The predicted molar refractivity (Wildman–Crippen MR) is 22.0 cm³/mol. The summed E-state index contributed by atoms with van der Waals surface area (Å²) in [6, 6.07) is 0. The molecule has 2 N–H and O–H groups in total. The van der Waals surface area contributed by atoms with Crippen LogP contribution in [0, 0.1) is 5.21 Å². The van der Waals surface area contributed by atoms with Gasteiger partial charge in [-0.15, -0.1) is 0 Å². The summed E-state index contributed by atoms with van der Waals surface area (Å²) < 4.78 is 0.662. The summed E-state index contributed by atoms with van der Waals surface area (Å²) in [5.41, 5.74) is 5.58. The topological polar surface area (TPSA) is 52.1 Å². The van der Waals surface area contributed by atoms with Gasteiger partial charge in [0.15, 0.2) is 5.70 Å². The second kappa shape index (κ2) is 0.739. The lowest BCUT2D eigenvalue weighted by Gasteiger charge is -2.02. The van der Waals surface area contributed by atoms with Crippen molar-refractivity contribution in [2.75, 3.05) is 0 Å². The molecule has 0 bridgehead atoms. The summed E-state index contributed by atoms with van der Waals surface area (Å²) in [6.45, 7) is 0. The van der Waals surface area contributed by atoms with Crippen LogP contribution in [0.4, 0.5) is 0 Å². The van der Waals surface area contributed by atoms with Gasteiger partial charge in [0.05, 0.1) is 0 Å². The molecule has 0 saturated carbocycles. The summed E-state index contributed by atoms with van der Waals surface area (Å²) in [6.07, 6.45) is 2.61. The van der Waals surface area contributed by atoms with E-state index in [1.165, 1.54) is 12.4 Å². The molecule has 0 fully saturated rings. The Morgan fingerprint density at radius 1 is 1.83 bits per heavy atom. The number of nitrogens with zero attached hydrogens (tertiary/aromatic N) is 1. The molecule has 0 aromatic carbocycles. The molecule has 1 rings (SSSR count). The van der Waals surface area contributed by atoms with E-state index in [1.807, 2.05) is 0 Å². The average Bonchev–Trinajstić information content (AvgIpc) is 1.33. The molecule has 1 aliphatic heterocycles. The van der Waals surface area contributed by atoms with Crippen molar-refractivity contribution in [1.29, 1.82) is 0 Å². The molecular formula is C3H4N2O. The number of hydrogen-bond acceptors (Lipinski definition) is 2. The van der Waals surface area contributed by atoms with Crippen molar-refractivity contribution in [3.05, 3.63) is 17.1 Å². The van der Waals surface area contributed by atoms with Gasteiger partial charge in [-0.1, -0.05) is 0 Å². The number of hydrogen-bond donors (Lipinski definition) is 1. The van der Waals surface area contributed by atoms with Crippen molar-refractivity contribution in [2.45, 2.75) is 0 Å². The van der Waals surface area contributed by atoms with E-state index in [1.54, 1.807) is 0 Å². The zero-order valence-corrected chi connectivity index (χ0v) is 3.09. The highest BCUT2D eigenvalue weighted by Crippen LogP contribution is 1.88. The third-order valence-electron chi connectivity index (χ3n) is 0.553. The van der Waals surface area contributed by atoms with Crippen LogP contribution in [0.1, 0.15) is 0 Å². The molecule has 0 amide bonds. The van der Waals surface area contributed by atoms with Crippen molar-refractivity contribution in [3.8, 4) is 0 Å². The molecular weight excluding hydrogens is 80.0 g/mol. The number of nitrogens with two attached hydrogens (primary N) is 1. The zero-order valence-electron chi connectivity index (χ0n) is 3.09. The van der Waals surface area contributed by atoms with E-state index in [-0.39, 0.29) is 0 Å². The Bertz CT molecular complexity index is 103. The minimum absolute atomic E-state index is 0.546. The lowest BCUT2D eigenvalue weighted by atomic mass is 10.4. The van der Waals surface area contributed by atoms with Crippen LogP contribution in [0.3, 0.4) is 0 Å². The van der Waals surface area contributed by atoms with Crippen LogP contribution in [0.15, 0.2) is 11.9 Å². The highest BCUT2D eigenvalue weighted by molar-refractivity contribution is 5.76. The summed E-state index contributed by atoms with van der Waals surface area (Å²) in [7, 11) is 0. The molecule has 0 spiro atoms. The lowest BCUT2D eigenvalue weighted by molar-refractivity contribution is -0.385. The second-order valence-electron chi connectivity index (χ2n) is 1.12. The quantitative estimate of drug-likeness (QED) is 0.314. The Morgan fingerprint density at radius 2 is 2.33 bits per heavy atom. The van der Waals surface area contributed by atoms with Crippen molar-refractivity contribution in [3.63, 3.8) is 0 Å². The Hall–Kier alpha value is -0.990. The minimum atomic E-state index is 0.546. The smallest absolute Gasteiger partial charge is 0.209 e. The number of allylic oxidation sites excluding steroid dienone is 1.